The molecule has 0 aliphatic carbocycles. The van der Waals surface area contributed by atoms with Gasteiger partial charge in [-0.15, -0.1) is 0 Å². The molecule has 0 radical (unpaired) electrons. The third-order valence-electron chi connectivity index (χ3n) is 4.75. The lowest BCUT2D eigenvalue weighted by Crippen LogP contribution is -2.35. The summed E-state index contributed by atoms with van der Waals surface area (Å²) in [7, 11) is -8.41. The molecule has 1 aromatic heterocycles. The lowest BCUT2D eigenvalue weighted by Gasteiger charge is -2.24. The third kappa shape index (κ3) is 6.20. The molecule has 0 aliphatic heterocycles. The second kappa shape index (κ2) is 9.27. The van der Waals surface area contributed by atoms with Crippen molar-refractivity contribution in [2.75, 3.05) is 24.6 Å². The van der Waals surface area contributed by atoms with E-state index in [4.69, 9.17) is 9.11 Å². The van der Waals surface area contributed by atoms with Gasteiger partial charge in [0.15, 0.2) is 0 Å². The first-order valence-electron chi connectivity index (χ1n) is 9.52. The number of nitrogens with zero attached hydrogens (tertiary/aromatic N) is 2. The largest absolute Gasteiger partial charge is 0.339 e. The van der Waals surface area contributed by atoms with Crippen LogP contribution in [0.2, 0.25) is 0 Å². The van der Waals surface area contributed by atoms with Crippen LogP contribution < -0.4 is 0 Å². The summed E-state index contributed by atoms with van der Waals surface area (Å²) in [5.41, 5.74) is 1.60. The fourth-order valence-corrected chi connectivity index (χ4v) is 4.41. The van der Waals surface area contributed by atoms with Gasteiger partial charge in [0.2, 0.25) is 0 Å². The smallest absolute Gasteiger partial charge is 0.264 e. The molecular formula is C20H22N2O7S2. The molecule has 0 spiro atoms. The minimum atomic E-state index is -4.21. The van der Waals surface area contributed by atoms with Crippen molar-refractivity contribution in [2.45, 2.75) is 12.8 Å². The summed E-state index contributed by atoms with van der Waals surface area (Å²) in [4.78, 5) is 19.5. The predicted octanol–water partition coefficient (Wildman–Crippen LogP) is 2.39. The zero-order valence-electron chi connectivity index (χ0n) is 16.5. The van der Waals surface area contributed by atoms with Crippen LogP contribution in [0.3, 0.4) is 0 Å². The molecule has 166 valence electrons. The maximum atomic E-state index is 13.6. The number of benzene rings is 2. The van der Waals surface area contributed by atoms with E-state index in [1.165, 1.54) is 4.90 Å². The molecule has 2 aromatic carbocycles. The molecule has 1 amide bonds. The highest BCUT2D eigenvalue weighted by molar-refractivity contribution is 7.86. The third-order valence-corrected chi connectivity index (χ3v) is 6.36. The van der Waals surface area contributed by atoms with Gasteiger partial charge in [0.1, 0.15) is 0 Å². The molecule has 9 nitrogen and oxygen atoms in total. The summed E-state index contributed by atoms with van der Waals surface area (Å²) in [5.74, 6) is -1.49. The van der Waals surface area contributed by atoms with E-state index in [-0.39, 0.29) is 25.9 Å². The number of carbonyl (C=O) groups excluding carboxylic acids is 1. The maximum absolute atomic E-state index is 13.6. The fourth-order valence-electron chi connectivity index (χ4n) is 3.42. The predicted molar refractivity (Wildman–Crippen MR) is 117 cm³/mol. The van der Waals surface area contributed by atoms with Crippen molar-refractivity contribution in [1.29, 1.82) is 0 Å². The molecule has 31 heavy (non-hydrogen) atoms. The van der Waals surface area contributed by atoms with Gasteiger partial charge < -0.3 is 4.90 Å². The first-order chi connectivity index (χ1) is 14.6. The van der Waals surface area contributed by atoms with Crippen molar-refractivity contribution < 1.29 is 30.7 Å². The molecule has 0 saturated carbocycles. The van der Waals surface area contributed by atoms with Crippen molar-refractivity contribution in [3.8, 4) is 0 Å². The summed E-state index contributed by atoms with van der Waals surface area (Å²) in [6.07, 6.45) is -0.0607. The first-order valence-corrected chi connectivity index (χ1v) is 12.7. The lowest BCUT2D eigenvalue weighted by atomic mass is 10.0. The van der Waals surface area contributed by atoms with Crippen molar-refractivity contribution in [2.24, 2.45) is 0 Å². The molecule has 11 heteroatoms. The van der Waals surface area contributed by atoms with Gasteiger partial charge in [-0.2, -0.15) is 16.8 Å². The Kier molecular flexibility index (Phi) is 6.90. The number of amides is 1. The molecule has 2 N–H and O–H groups in total. The van der Waals surface area contributed by atoms with Crippen LogP contribution in [0, 0.1) is 0 Å². The van der Waals surface area contributed by atoms with E-state index < -0.39 is 37.6 Å². The highest BCUT2D eigenvalue weighted by Crippen LogP contribution is 2.27. The van der Waals surface area contributed by atoms with Crippen LogP contribution >= 0.6 is 0 Å². The second-order valence-electron chi connectivity index (χ2n) is 7.09. The summed E-state index contributed by atoms with van der Waals surface area (Å²) < 4.78 is 62.3. The number of hydrogen-bond acceptors (Lipinski definition) is 6. The van der Waals surface area contributed by atoms with Crippen molar-refractivity contribution in [1.82, 2.24) is 9.88 Å². The summed E-state index contributed by atoms with van der Waals surface area (Å²) in [6.45, 7) is -0.0375. The first kappa shape index (κ1) is 23.1. The summed E-state index contributed by atoms with van der Waals surface area (Å²) in [5, 5.41) is 1.22. The number of carbonyl (C=O) groups is 1. The Balaban J connectivity index is 2.01. The Labute approximate surface area is 180 Å². The zero-order valence-corrected chi connectivity index (χ0v) is 18.1. The molecule has 0 saturated heterocycles. The van der Waals surface area contributed by atoms with Crippen LogP contribution in [0.1, 0.15) is 23.2 Å². The lowest BCUT2D eigenvalue weighted by molar-refractivity contribution is 0.0759. The van der Waals surface area contributed by atoms with Gasteiger partial charge in [-0.1, -0.05) is 36.4 Å². The van der Waals surface area contributed by atoms with Gasteiger partial charge in [0.25, 0.3) is 26.1 Å². The van der Waals surface area contributed by atoms with E-state index in [0.29, 0.717) is 27.4 Å². The van der Waals surface area contributed by atoms with E-state index in [0.717, 1.165) is 0 Å². The van der Waals surface area contributed by atoms with Crippen LogP contribution in [0.4, 0.5) is 0 Å². The Morgan fingerprint density at radius 1 is 0.774 bits per heavy atom. The number of aromatic nitrogens is 1. The second-order valence-corrected chi connectivity index (χ2v) is 10.2. The molecule has 0 unspecified atom stereocenters. The van der Waals surface area contributed by atoms with Gasteiger partial charge in [0.05, 0.1) is 28.1 Å². The van der Waals surface area contributed by atoms with Crippen molar-refractivity contribution in [3.05, 3.63) is 54.1 Å². The average Bonchev–Trinajstić information content (AvgIpc) is 2.68. The van der Waals surface area contributed by atoms with E-state index in [2.05, 4.69) is 4.98 Å². The quantitative estimate of drug-likeness (QED) is 0.362. The molecule has 0 bridgehead atoms. The van der Waals surface area contributed by atoms with E-state index in [9.17, 15) is 21.6 Å². The number of hydrogen-bond donors (Lipinski definition) is 2. The van der Waals surface area contributed by atoms with Crippen LogP contribution in [-0.4, -0.2) is 66.3 Å². The van der Waals surface area contributed by atoms with Crippen molar-refractivity contribution >= 4 is 47.9 Å². The fraction of sp³-hybridized carbons (Fsp3) is 0.300. The molecule has 1 heterocycles. The van der Waals surface area contributed by atoms with E-state index in [1.54, 1.807) is 48.5 Å². The van der Waals surface area contributed by atoms with Gasteiger partial charge >= 0.3 is 0 Å². The van der Waals surface area contributed by atoms with E-state index >= 15 is 0 Å². The van der Waals surface area contributed by atoms with Crippen molar-refractivity contribution in [3.63, 3.8) is 0 Å². The molecular weight excluding hydrogens is 444 g/mol. The number of rotatable bonds is 9. The molecule has 3 aromatic rings. The van der Waals surface area contributed by atoms with E-state index in [1.807, 2.05) is 0 Å². The maximum Gasteiger partial charge on any atom is 0.264 e. The summed E-state index contributed by atoms with van der Waals surface area (Å²) in [6, 6.07) is 14.2. The minimum absolute atomic E-state index is 0.0188. The van der Waals surface area contributed by atoms with Gasteiger partial charge in [0, 0.05) is 23.9 Å². The molecule has 3 rings (SSSR count). The van der Waals surface area contributed by atoms with Gasteiger partial charge in [-0.05, 0) is 25.0 Å². The standard InChI is InChI=1S/C20H22N2O7S2/c23-20(22(11-5-13-30(24,25)26)12-6-14-31(27,28)29)19-15-7-1-3-9-17(15)21-18-10-4-2-8-16(18)19/h1-4,7-10H,5-6,11-14H2,(H,24,25,26)(H,27,28,29). The highest BCUT2D eigenvalue weighted by atomic mass is 32.2. The Morgan fingerprint density at radius 2 is 1.19 bits per heavy atom. The van der Waals surface area contributed by atoms with Gasteiger partial charge in [-0.3, -0.25) is 13.9 Å². The SMILES string of the molecule is O=C(c1c2ccccc2nc2ccccc12)N(CCCS(=O)(=O)O)CCCS(=O)(=O)O. The normalized spacial score (nSPS) is 12.3. The number of pyridine rings is 1. The Hall–Kier alpha value is -2.60. The summed E-state index contributed by atoms with van der Waals surface area (Å²) >= 11 is 0. The Bertz CT molecular complexity index is 1230. The Morgan fingerprint density at radius 3 is 1.61 bits per heavy atom. The van der Waals surface area contributed by atoms with Crippen LogP contribution in [-0.2, 0) is 20.2 Å². The average molecular weight is 467 g/mol. The molecule has 0 fully saturated rings. The van der Waals surface area contributed by atoms with Crippen LogP contribution in [0.15, 0.2) is 48.5 Å². The van der Waals surface area contributed by atoms with Gasteiger partial charge in [-0.25, -0.2) is 4.98 Å². The van der Waals surface area contributed by atoms with Crippen LogP contribution in [0.25, 0.3) is 21.8 Å². The minimum Gasteiger partial charge on any atom is -0.339 e. The monoisotopic (exact) mass is 466 g/mol. The highest BCUT2D eigenvalue weighted by Gasteiger charge is 2.22. The zero-order chi connectivity index (χ0) is 22.6. The molecule has 0 atom stereocenters. The molecule has 0 aliphatic rings. The number of fused-ring (bicyclic) bond motifs is 2. The number of para-hydroxylation sites is 2. The van der Waals surface area contributed by atoms with Crippen LogP contribution in [0.5, 0.6) is 0 Å². The topological polar surface area (TPSA) is 142 Å².